The fourth-order valence-corrected chi connectivity index (χ4v) is 3.45. The van der Waals surface area contributed by atoms with E-state index in [2.05, 4.69) is 15.1 Å². The first kappa shape index (κ1) is 16.5. The predicted octanol–water partition coefficient (Wildman–Crippen LogP) is 2.12. The molecule has 1 saturated heterocycles. The molecule has 0 bridgehead atoms. The predicted molar refractivity (Wildman–Crippen MR) is 98.5 cm³/mol. The van der Waals surface area contributed by atoms with E-state index in [0.717, 1.165) is 47.2 Å². The maximum absolute atomic E-state index is 12.5. The van der Waals surface area contributed by atoms with E-state index in [4.69, 9.17) is 9.47 Å². The van der Waals surface area contributed by atoms with Crippen LogP contribution in [0.2, 0.25) is 0 Å². The van der Waals surface area contributed by atoms with Crippen LogP contribution in [0.3, 0.4) is 0 Å². The molecule has 26 heavy (non-hydrogen) atoms. The molecule has 1 amide bonds. The van der Waals surface area contributed by atoms with Gasteiger partial charge in [-0.15, -0.1) is 0 Å². The minimum absolute atomic E-state index is 0.0305. The van der Waals surface area contributed by atoms with Gasteiger partial charge >= 0.3 is 0 Å². The molecule has 1 aromatic carbocycles. The van der Waals surface area contributed by atoms with E-state index in [1.165, 1.54) is 0 Å². The third-order valence-corrected chi connectivity index (χ3v) is 4.81. The Morgan fingerprint density at radius 3 is 2.65 bits per heavy atom. The van der Waals surface area contributed by atoms with E-state index in [-0.39, 0.29) is 12.7 Å². The van der Waals surface area contributed by atoms with Gasteiger partial charge in [0.15, 0.2) is 11.5 Å². The summed E-state index contributed by atoms with van der Waals surface area (Å²) in [6.45, 7) is 7.31. The minimum Gasteiger partial charge on any atom is -0.454 e. The van der Waals surface area contributed by atoms with E-state index in [9.17, 15) is 4.79 Å². The SMILES string of the molecule is Cc1n[nH]c(C)c1N1CCN(C(=O)/C=C/c2ccc3c(c2)OCO3)CC1. The van der Waals surface area contributed by atoms with Crippen LogP contribution in [0.15, 0.2) is 24.3 Å². The summed E-state index contributed by atoms with van der Waals surface area (Å²) in [7, 11) is 0. The van der Waals surface area contributed by atoms with Gasteiger partial charge in [0.1, 0.15) is 0 Å². The number of nitrogens with zero attached hydrogens (tertiary/aromatic N) is 3. The average Bonchev–Trinajstić information content (AvgIpc) is 3.25. The number of anilines is 1. The van der Waals surface area contributed by atoms with Gasteiger partial charge < -0.3 is 19.3 Å². The van der Waals surface area contributed by atoms with E-state index < -0.39 is 0 Å². The molecule has 2 aliphatic rings. The summed E-state index contributed by atoms with van der Waals surface area (Å²) in [5, 5.41) is 7.28. The number of rotatable bonds is 3. The highest BCUT2D eigenvalue weighted by atomic mass is 16.7. The van der Waals surface area contributed by atoms with E-state index in [1.54, 1.807) is 6.08 Å². The number of benzene rings is 1. The summed E-state index contributed by atoms with van der Waals surface area (Å²) in [5.41, 5.74) is 4.16. The number of carbonyl (C=O) groups is 1. The van der Waals surface area contributed by atoms with Crippen LogP contribution in [0.25, 0.3) is 6.08 Å². The zero-order valence-electron chi connectivity index (χ0n) is 15.0. The lowest BCUT2D eigenvalue weighted by atomic mass is 10.2. The number of amides is 1. The lowest BCUT2D eigenvalue weighted by molar-refractivity contribution is -0.126. The fourth-order valence-electron chi connectivity index (χ4n) is 3.45. The molecule has 0 unspecified atom stereocenters. The summed E-state index contributed by atoms with van der Waals surface area (Å²) >= 11 is 0. The quantitative estimate of drug-likeness (QED) is 0.855. The zero-order chi connectivity index (χ0) is 18.1. The van der Waals surface area contributed by atoms with Crippen molar-refractivity contribution in [3.8, 4) is 11.5 Å². The van der Waals surface area contributed by atoms with Gasteiger partial charge in [-0.1, -0.05) is 6.07 Å². The van der Waals surface area contributed by atoms with Gasteiger partial charge in [-0.25, -0.2) is 0 Å². The number of aryl methyl sites for hydroxylation is 2. The Balaban J connectivity index is 1.36. The molecule has 3 heterocycles. The normalized spacial score (nSPS) is 16.5. The Morgan fingerprint density at radius 1 is 1.15 bits per heavy atom. The van der Waals surface area contributed by atoms with Gasteiger partial charge in [-0.2, -0.15) is 5.10 Å². The van der Waals surface area contributed by atoms with Crippen molar-refractivity contribution in [3.63, 3.8) is 0 Å². The van der Waals surface area contributed by atoms with Crippen molar-refractivity contribution in [2.75, 3.05) is 37.9 Å². The molecule has 0 spiro atoms. The summed E-state index contributed by atoms with van der Waals surface area (Å²) in [6.07, 6.45) is 3.45. The van der Waals surface area contributed by atoms with Crippen LogP contribution < -0.4 is 14.4 Å². The van der Waals surface area contributed by atoms with E-state index >= 15 is 0 Å². The number of carbonyl (C=O) groups excluding carboxylic acids is 1. The minimum atomic E-state index is 0.0305. The lowest BCUT2D eigenvalue weighted by Gasteiger charge is -2.35. The molecule has 7 heteroatoms. The number of nitrogens with one attached hydrogen (secondary N) is 1. The monoisotopic (exact) mass is 354 g/mol. The molecule has 0 saturated carbocycles. The smallest absolute Gasteiger partial charge is 0.246 e. The molecule has 0 aliphatic carbocycles. The number of ether oxygens (including phenoxy) is 2. The van der Waals surface area contributed by atoms with Gasteiger partial charge in [0.05, 0.1) is 17.1 Å². The topological polar surface area (TPSA) is 70.7 Å². The number of H-pyrrole nitrogens is 1. The van der Waals surface area contributed by atoms with Gasteiger partial charge in [-0.05, 0) is 37.6 Å². The molecule has 0 radical (unpaired) electrons. The molecule has 4 rings (SSSR count). The van der Waals surface area contributed by atoms with E-state index in [1.807, 2.05) is 43.0 Å². The van der Waals surface area contributed by atoms with Crippen LogP contribution in [-0.4, -0.2) is 54.0 Å². The molecule has 136 valence electrons. The van der Waals surface area contributed by atoms with Gasteiger partial charge in [0.25, 0.3) is 0 Å². The number of aromatic amines is 1. The maximum Gasteiger partial charge on any atom is 0.246 e. The average molecular weight is 354 g/mol. The number of hydrogen-bond donors (Lipinski definition) is 1. The third-order valence-electron chi connectivity index (χ3n) is 4.81. The number of hydrogen-bond acceptors (Lipinski definition) is 5. The standard InChI is InChI=1S/C19H22N4O3/c1-13-19(14(2)21-20-13)23-9-7-22(8-10-23)18(24)6-4-15-3-5-16-17(11-15)26-12-25-16/h3-6,11H,7-10,12H2,1-2H3,(H,20,21)/b6-4+. The van der Waals surface area contributed by atoms with Crippen molar-refractivity contribution in [2.24, 2.45) is 0 Å². The highest BCUT2D eigenvalue weighted by molar-refractivity contribution is 5.92. The second-order valence-electron chi connectivity index (χ2n) is 6.54. The Labute approximate surface area is 152 Å². The summed E-state index contributed by atoms with van der Waals surface area (Å²) in [4.78, 5) is 16.6. The van der Waals surface area contributed by atoms with Crippen molar-refractivity contribution in [3.05, 3.63) is 41.2 Å². The summed E-state index contributed by atoms with van der Waals surface area (Å²) in [5.74, 6) is 1.50. The van der Waals surface area contributed by atoms with Crippen molar-refractivity contribution in [2.45, 2.75) is 13.8 Å². The maximum atomic E-state index is 12.5. The molecule has 1 aromatic heterocycles. The van der Waals surface area contributed by atoms with Crippen LogP contribution in [0, 0.1) is 13.8 Å². The molecule has 1 N–H and O–H groups in total. The van der Waals surface area contributed by atoms with Crippen molar-refractivity contribution < 1.29 is 14.3 Å². The first-order valence-corrected chi connectivity index (χ1v) is 8.75. The van der Waals surface area contributed by atoms with Crippen molar-refractivity contribution >= 4 is 17.7 Å². The second-order valence-corrected chi connectivity index (χ2v) is 6.54. The first-order valence-electron chi connectivity index (χ1n) is 8.75. The molecule has 2 aromatic rings. The molecule has 1 fully saturated rings. The van der Waals surface area contributed by atoms with Crippen molar-refractivity contribution in [1.29, 1.82) is 0 Å². The number of piperazine rings is 1. The van der Waals surface area contributed by atoms with Crippen LogP contribution in [-0.2, 0) is 4.79 Å². The Hall–Kier alpha value is -2.96. The Bertz CT molecular complexity index is 831. The summed E-state index contributed by atoms with van der Waals surface area (Å²) in [6, 6.07) is 5.66. The highest BCUT2D eigenvalue weighted by Gasteiger charge is 2.23. The van der Waals surface area contributed by atoms with Crippen LogP contribution in [0.5, 0.6) is 11.5 Å². The Morgan fingerprint density at radius 2 is 1.92 bits per heavy atom. The molecular formula is C19H22N4O3. The second kappa shape index (κ2) is 6.74. The lowest BCUT2D eigenvalue weighted by Crippen LogP contribution is -2.48. The van der Waals surface area contributed by atoms with E-state index in [0.29, 0.717) is 13.1 Å². The fraction of sp³-hybridized carbons (Fsp3) is 0.368. The summed E-state index contributed by atoms with van der Waals surface area (Å²) < 4.78 is 10.7. The first-order chi connectivity index (χ1) is 12.6. The van der Waals surface area contributed by atoms with Gasteiger partial charge in [0, 0.05) is 32.3 Å². The van der Waals surface area contributed by atoms with Crippen LogP contribution >= 0.6 is 0 Å². The molecule has 0 atom stereocenters. The molecular weight excluding hydrogens is 332 g/mol. The number of fused-ring (bicyclic) bond motifs is 1. The molecule has 7 nitrogen and oxygen atoms in total. The van der Waals surface area contributed by atoms with Gasteiger partial charge in [0.2, 0.25) is 12.7 Å². The third kappa shape index (κ3) is 3.12. The van der Waals surface area contributed by atoms with Gasteiger partial charge in [-0.3, -0.25) is 9.89 Å². The van der Waals surface area contributed by atoms with Crippen LogP contribution in [0.4, 0.5) is 5.69 Å². The molecule has 2 aliphatic heterocycles. The highest BCUT2D eigenvalue weighted by Crippen LogP contribution is 2.32. The largest absolute Gasteiger partial charge is 0.454 e. The zero-order valence-corrected chi connectivity index (χ0v) is 15.0. The number of aromatic nitrogens is 2. The Kier molecular flexibility index (Phi) is 4.28. The van der Waals surface area contributed by atoms with Crippen molar-refractivity contribution in [1.82, 2.24) is 15.1 Å². The van der Waals surface area contributed by atoms with Crippen LogP contribution in [0.1, 0.15) is 17.0 Å².